The molecule has 2 aromatic carbocycles. The van der Waals surface area contributed by atoms with E-state index in [1.807, 2.05) is 37.3 Å². The van der Waals surface area contributed by atoms with Crippen molar-refractivity contribution in [1.29, 1.82) is 0 Å². The van der Waals surface area contributed by atoms with Crippen LogP contribution in [0.15, 0.2) is 53.5 Å². The predicted octanol–water partition coefficient (Wildman–Crippen LogP) is 3.14. The Labute approximate surface area is 156 Å². The molecule has 0 atom stereocenters. The van der Waals surface area contributed by atoms with Gasteiger partial charge in [0.2, 0.25) is 0 Å². The highest BCUT2D eigenvalue weighted by atomic mass is 16.5. The van der Waals surface area contributed by atoms with Crippen LogP contribution in [0, 0.1) is 0 Å². The number of guanidine groups is 1. The molecule has 0 heterocycles. The lowest BCUT2D eigenvalue weighted by Gasteiger charge is -2.15. The van der Waals surface area contributed by atoms with Crippen molar-refractivity contribution in [3.05, 3.63) is 65.2 Å². The number of nitrogens with zero attached hydrogens (tertiary/aromatic N) is 1. The average Bonchev–Trinajstić information content (AvgIpc) is 2.69. The molecule has 0 unspecified atom stereocenters. The van der Waals surface area contributed by atoms with Gasteiger partial charge in [0.05, 0.1) is 13.7 Å². The fourth-order valence-corrected chi connectivity index (χ4v) is 2.71. The summed E-state index contributed by atoms with van der Waals surface area (Å²) in [5, 5.41) is 6.72. The number of nitrogens with one attached hydrogen (secondary N) is 2. The van der Waals surface area contributed by atoms with Crippen LogP contribution in [0.1, 0.15) is 23.6 Å². The lowest BCUT2D eigenvalue weighted by Crippen LogP contribution is -2.38. The number of hydrogen-bond donors (Lipinski definition) is 2. The van der Waals surface area contributed by atoms with Crippen molar-refractivity contribution in [2.24, 2.45) is 4.99 Å². The minimum Gasteiger partial charge on any atom is -0.496 e. The fraction of sp³-hybridized carbons (Fsp3) is 0.381. The van der Waals surface area contributed by atoms with E-state index in [9.17, 15) is 0 Å². The van der Waals surface area contributed by atoms with Crippen molar-refractivity contribution in [2.45, 2.75) is 26.5 Å². The van der Waals surface area contributed by atoms with Gasteiger partial charge >= 0.3 is 0 Å². The van der Waals surface area contributed by atoms with Gasteiger partial charge in [0.1, 0.15) is 5.75 Å². The van der Waals surface area contributed by atoms with E-state index in [2.05, 4.69) is 33.8 Å². The maximum Gasteiger partial charge on any atom is 0.191 e. The molecule has 26 heavy (non-hydrogen) atoms. The SMILES string of the molecule is CCOCc1ccccc1CNC(=NC)NCCc1ccccc1OC. The molecule has 0 amide bonds. The van der Waals surface area contributed by atoms with Crippen molar-refractivity contribution in [2.75, 3.05) is 27.3 Å². The molecule has 0 radical (unpaired) electrons. The van der Waals surface area contributed by atoms with Crippen LogP contribution in [-0.2, 0) is 24.3 Å². The third-order valence-corrected chi connectivity index (χ3v) is 4.13. The summed E-state index contributed by atoms with van der Waals surface area (Å²) in [5.41, 5.74) is 3.60. The molecular weight excluding hydrogens is 326 g/mol. The van der Waals surface area contributed by atoms with Crippen molar-refractivity contribution in [3.8, 4) is 5.75 Å². The number of para-hydroxylation sites is 1. The second-order valence-electron chi connectivity index (χ2n) is 5.82. The first-order valence-electron chi connectivity index (χ1n) is 8.99. The molecule has 0 saturated heterocycles. The number of hydrogen-bond acceptors (Lipinski definition) is 3. The minimum atomic E-state index is 0.633. The Morgan fingerprint density at radius 3 is 2.35 bits per heavy atom. The average molecular weight is 355 g/mol. The number of aliphatic imine (C=N–C) groups is 1. The van der Waals surface area contributed by atoms with Gasteiger partial charge in [-0.25, -0.2) is 0 Å². The van der Waals surface area contributed by atoms with Crippen LogP contribution in [0.2, 0.25) is 0 Å². The van der Waals surface area contributed by atoms with Crippen LogP contribution < -0.4 is 15.4 Å². The van der Waals surface area contributed by atoms with Crippen LogP contribution >= 0.6 is 0 Å². The van der Waals surface area contributed by atoms with Gasteiger partial charge in [0.15, 0.2) is 5.96 Å². The molecule has 0 aliphatic carbocycles. The largest absolute Gasteiger partial charge is 0.496 e. The summed E-state index contributed by atoms with van der Waals surface area (Å²) in [6.07, 6.45) is 0.867. The first-order chi connectivity index (χ1) is 12.8. The van der Waals surface area contributed by atoms with E-state index in [1.165, 1.54) is 16.7 Å². The second-order valence-corrected chi connectivity index (χ2v) is 5.82. The zero-order chi connectivity index (χ0) is 18.6. The van der Waals surface area contributed by atoms with Gasteiger partial charge in [-0.05, 0) is 36.1 Å². The van der Waals surface area contributed by atoms with E-state index in [4.69, 9.17) is 9.47 Å². The highest BCUT2D eigenvalue weighted by molar-refractivity contribution is 5.79. The lowest BCUT2D eigenvalue weighted by molar-refractivity contribution is 0.133. The van der Waals surface area contributed by atoms with E-state index >= 15 is 0 Å². The van der Waals surface area contributed by atoms with Gasteiger partial charge in [0.25, 0.3) is 0 Å². The quantitative estimate of drug-likeness (QED) is 0.536. The number of benzene rings is 2. The minimum absolute atomic E-state index is 0.633. The zero-order valence-corrected chi connectivity index (χ0v) is 15.9. The highest BCUT2D eigenvalue weighted by Crippen LogP contribution is 2.17. The van der Waals surface area contributed by atoms with Gasteiger partial charge in [-0.15, -0.1) is 0 Å². The topological polar surface area (TPSA) is 54.9 Å². The Kier molecular flexibility index (Phi) is 8.49. The van der Waals surface area contributed by atoms with Gasteiger partial charge in [0, 0.05) is 26.7 Å². The first kappa shape index (κ1) is 19.8. The number of ether oxygens (including phenoxy) is 2. The van der Waals surface area contributed by atoms with E-state index in [0.29, 0.717) is 19.8 Å². The summed E-state index contributed by atoms with van der Waals surface area (Å²) in [7, 11) is 3.48. The van der Waals surface area contributed by atoms with Crippen molar-refractivity contribution >= 4 is 5.96 Å². The molecule has 2 rings (SSSR count). The van der Waals surface area contributed by atoms with Crippen LogP contribution in [0.3, 0.4) is 0 Å². The Morgan fingerprint density at radius 2 is 1.65 bits per heavy atom. The van der Waals surface area contributed by atoms with Crippen LogP contribution in [0.5, 0.6) is 5.75 Å². The maximum atomic E-state index is 5.54. The molecule has 5 nitrogen and oxygen atoms in total. The number of methoxy groups -OCH3 is 1. The summed E-state index contributed by atoms with van der Waals surface area (Å²) in [4.78, 5) is 4.30. The smallest absolute Gasteiger partial charge is 0.191 e. The van der Waals surface area contributed by atoms with Gasteiger partial charge in [-0.3, -0.25) is 4.99 Å². The lowest BCUT2D eigenvalue weighted by atomic mass is 10.1. The predicted molar refractivity (Wildman–Crippen MR) is 107 cm³/mol. The van der Waals surface area contributed by atoms with Crippen LogP contribution in [0.25, 0.3) is 0 Å². The normalized spacial score (nSPS) is 11.3. The molecule has 140 valence electrons. The maximum absolute atomic E-state index is 5.54. The van der Waals surface area contributed by atoms with Gasteiger partial charge in [-0.1, -0.05) is 42.5 Å². The Morgan fingerprint density at radius 1 is 0.962 bits per heavy atom. The summed E-state index contributed by atoms with van der Waals surface area (Å²) in [6.45, 7) is 4.84. The monoisotopic (exact) mass is 355 g/mol. The molecule has 5 heteroatoms. The standard InChI is InChI=1S/C21H29N3O2/c1-4-26-16-19-11-6-5-10-18(19)15-24-21(22-2)23-14-13-17-9-7-8-12-20(17)25-3/h5-12H,4,13-16H2,1-3H3,(H2,22,23,24). The fourth-order valence-electron chi connectivity index (χ4n) is 2.71. The van der Waals surface area contributed by atoms with Crippen molar-refractivity contribution in [1.82, 2.24) is 10.6 Å². The first-order valence-corrected chi connectivity index (χ1v) is 8.99. The van der Waals surface area contributed by atoms with Crippen LogP contribution in [0.4, 0.5) is 0 Å². The summed E-state index contributed by atoms with van der Waals surface area (Å²) in [6, 6.07) is 16.4. The molecule has 0 spiro atoms. The molecule has 0 aromatic heterocycles. The molecule has 0 fully saturated rings. The van der Waals surface area contributed by atoms with Crippen LogP contribution in [-0.4, -0.2) is 33.3 Å². The summed E-state index contributed by atoms with van der Waals surface area (Å²) < 4.78 is 10.9. The van der Waals surface area contributed by atoms with E-state index in [-0.39, 0.29) is 0 Å². The Bertz CT molecular complexity index is 701. The summed E-state index contributed by atoms with van der Waals surface area (Å²) in [5.74, 6) is 1.70. The molecule has 2 N–H and O–H groups in total. The second kappa shape index (κ2) is 11.2. The molecule has 0 aliphatic heterocycles. The molecule has 0 bridgehead atoms. The van der Waals surface area contributed by atoms with E-state index < -0.39 is 0 Å². The Balaban J connectivity index is 1.85. The molecule has 2 aromatic rings. The molecular formula is C21H29N3O2. The van der Waals surface area contributed by atoms with Gasteiger partial charge < -0.3 is 20.1 Å². The van der Waals surface area contributed by atoms with Crippen molar-refractivity contribution < 1.29 is 9.47 Å². The molecule has 0 saturated carbocycles. The third kappa shape index (κ3) is 6.08. The van der Waals surface area contributed by atoms with E-state index in [0.717, 1.165) is 24.7 Å². The summed E-state index contributed by atoms with van der Waals surface area (Å²) >= 11 is 0. The highest BCUT2D eigenvalue weighted by Gasteiger charge is 2.05. The van der Waals surface area contributed by atoms with E-state index in [1.54, 1.807) is 14.2 Å². The molecule has 0 aliphatic rings. The number of rotatable bonds is 9. The zero-order valence-electron chi connectivity index (χ0n) is 15.9. The Hall–Kier alpha value is -2.53. The van der Waals surface area contributed by atoms with Crippen molar-refractivity contribution in [3.63, 3.8) is 0 Å². The third-order valence-electron chi connectivity index (χ3n) is 4.13. The van der Waals surface area contributed by atoms with Gasteiger partial charge in [-0.2, -0.15) is 0 Å².